The second kappa shape index (κ2) is 8.78. The van der Waals surface area contributed by atoms with E-state index < -0.39 is 0 Å². The van der Waals surface area contributed by atoms with Crippen molar-refractivity contribution in [3.05, 3.63) is 62.6 Å². The predicted molar refractivity (Wildman–Crippen MR) is 123 cm³/mol. The molecule has 4 rings (SSSR count). The number of esters is 1. The van der Waals surface area contributed by atoms with E-state index in [4.69, 9.17) is 27.9 Å². The number of hydrogen-bond donors (Lipinski definition) is 0. The Bertz CT molecular complexity index is 913. The number of para-hydroxylation sites is 1. The lowest BCUT2D eigenvalue weighted by molar-refractivity contribution is -0.144. The van der Waals surface area contributed by atoms with Crippen LogP contribution in [0.5, 0.6) is 0 Å². The van der Waals surface area contributed by atoms with Crippen molar-refractivity contribution in [1.29, 1.82) is 0 Å². The van der Waals surface area contributed by atoms with Crippen LogP contribution < -0.4 is 4.90 Å². The quantitative estimate of drug-likeness (QED) is 0.590. The zero-order valence-corrected chi connectivity index (χ0v) is 19.3. The minimum Gasteiger partial charge on any atom is -0.469 e. The fraction of sp³-hybridized carbons (Fsp3) is 0.458. The van der Waals surface area contributed by atoms with Gasteiger partial charge in [0.1, 0.15) is 0 Å². The molecule has 0 unspecified atom stereocenters. The number of carbonyl (C=O) groups excluding carboxylic acids is 1. The Morgan fingerprint density at radius 1 is 1.10 bits per heavy atom. The monoisotopic (exact) mass is 446 g/mol. The molecule has 0 N–H and O–H groups in total. The molecule has 2 aromatic carbocycles. The summed E-state index contributed by atoms with van der Waals surface area (Å²) in [5.41, 5.74) is 6.33. The van der Waals surface area contributed by atoms with E-state index in [9.17, 15) is 4.79 Å². The summed E-state index contributed by atoms with van der Waals surface area (Å²) in [5, 5.41) is 1.42. The standard InChI is InChI=1S/C24H28Cl2N2O2/c1-15-9-18(19-12-28(13-19)23-21(25)5-4-6-22(23)26)10-16(2)20(15)14-27-8-7-17(11-27)24(29)30-3/h4-6,9-10,17,19H,7-8,11-14H2,1-3H3/t17-/m0/s1. The molecule has 2 heterocycles. The van der Waals surface area contributed by atoms with Gasteiger partial charge in [-0.3, -0.25) is 9.69 Å². The first kappa shape index (κ1) is 21.5. The number of aryl methyl sites for hydroxylation is 2. The molecule has 0 aliphatic carbocycles. The van der Waals surface area contributed by atoms with Crippen LogP contribution in [-0.4, -0.2) is 44.2 Å². The summed E-state index contributed by atoms with van der Waals surface area (Å²) in [4.78, 5) is 16.4. The second-order valence-electron chi connectivity index (χ2n) is 8.55. The van der Waals surface area contributed by atoms with Gasteiger partial charge in [0.05, 0.1) is 28.8 Å². The Labute approximate surface area is 188 Å². The first-order valence-electron chi connectivity index (χ1n) is 10.5. The Balaban J connectivity index is 1.42. The van der Waals surface area contributed by atoms with Crippen molar-refractivity contribution in [1.82, 2.24) is 4.90 Å². The third kappa shape index (κ3) is 4.18. The van der Waals surface area contributed by atoms with E-state index >= 15 is 0 Å². The van der Waals surface area contributed by atoms with Crippen LogP contribution in [0.2, 0.25) is 10.0 Å². The minimum absolute atomic E-state index is 0.00693. The molecule has 0 amide bonds. The number of rotatable bonds is 5. The van der Waals surface area contributed by atoms with E-state index in [0.717, 1.165) is 44.8 Å². The first-order valence-corrected chi connectivity index (χ1v) is 11.2. The Hall–Kier alpha value is -1.75. The Kier molecular flexibility index (Phi) is 6.29. The summed E-state index contributed by atoms with van der Waals surface area (Å²) >= 11 is 12.7. The molecule has 4 nitrogen and oxygen atoms in total. The average Bonchev–Trinajstić information content (AvgIpc) is 3.14. The van der Waals surface area contributed by atoms with E-state index in [-0.39, 0.29) is 11.9 Å². The molecule has 6 heteroatoms. The molecular formula is C24H28Cl2N2O2. The van der Waals surface area contributed by atoms with Gasteiger partial charge in [0.25, 0.3) is 0 Å². The van der Waals surface area contributed by atoms with Crippen molar-refractivity contribution >= 4 is 34.9 Å². The van der Waals surface area contributed by atoms with Crippen molar-refractivity contribution in [3.63, 3.8) is 0 Å². The minimum atomic E-state index is -0.0885. The smallest absolute Gasteiger partial charge is 0.310 e. The molecule has 2 aliphatic rings. The third-order valence-corrected chi connectivity index (χ3v) is 7.12. The number of benzene rings is 2. The number of halogens is 2. The van der Waals surface area contributed by atoms with Gasteiger partial charge in [-0.15, -0.1) is 0 Å². The average molecular weight is 447 g/mol. The van der Waals surface area contributed by atoms with E-state index in [1.807, 2.05) is 18.2 Å². The van der Waals surface area contributed by atoms with Crippen molar-refractivity contribution in [2.45, 2.75) is 32.7 Å². The molecule has 2 aliphatic heterocycles. The number of ether oxygens (including phenoxy) is 1. The molecule has 0 saturated carbocycles. The van der Waals surface area contributed by atoms with Gasteiger partial charge in [0.2, 0.25) is 0 Å². The van der Waals surface area contributed by atoms with Gasteiger partial charge in [0, 0.05) is 32.1 Å². The van der Waals surface area contributed by atoms with Gasteiger partial charge in [0.15, 0.2) is 0 Å². The lowest BCUT2D eigenvalue weighted by Crippen LogP contribution is -2.45. The molecule has 30 heavy (non-hydrogen) atoms. The highest BCUT2D eigenvalue weighted by atomic mass is 35.5. The van der Waals surface area contributed by atoms with Gasteiger partial charge in [-0.25, -0.2) is 0 Å². The number of anilines is 1. The molecule has 2 saturated heterocycles. The molecule has 0 radical (unpaired) electrons. The summed E-state index contributed by atoms with van der Waals surface area (Å²) in [6.45, 7) is 8.85. The van der Waals surface area contributed by atoms with Crippen molar-refractivity contribution in [3.8, 4) is 0 Å². The second-order valence-corrected chi connectivity index (χ2v) is 9.36. The normalized spacial score (nSPS) is 19.8. The Morgan fingerprint density at radius 3 is 2.33 bits per heavy atom. The highest BCUT2D eigenvalue weighted by Gasteiger charge is 2.32. The predicted octanol–water partition coefficient (Wildman–Crippen LogP) is 5.21. The van der Waals surface area contributed by atoms with Crippen LogP contribution in [0.25, 0.3) is 0 Å². The van der Waals surface area contributed by atoms with Crippen LogP contribution >= 0.6 is 23.2 Å². The molecule has 2 aromatic rings. The lowest BCUT2D eigenvalue weighted by atomic mass is 9.87. The van der Waals surface area contributed by atoms with Crippen LogP contribution in [0.3, 0.4) is 0 Å². The van der Waals surface area contributed by atoms with Crippen molar-refractivity contribution in [2.75, 3.05) is 38.2 Å². The molecule has 160 valence electrons. The van der Waals surface area contributed by atoms with E-state index in [1.54, 1.807) is 0 Å². The fourth-order valence-electron chi connectivity index (χ4n) is 4.73. The summed E-state index contributed by atoms with van der Waals surface area (Å²) in [6.07, 6.45) is 0.880. The number of likely N-dealkylation sites (tertiary alicyclic amines) is 1. The van der Waals surface area contributed by atoms with Crippen LogP contribution in [0.1, 0.15) is 34.6 Å². The summed E-state index contributed by atoms with van der Waals surface area (Å²) in [6, 6.07) is 10.3. The highest BCUT2D eigenvalue weighted by molar-refractivity contribution is 6.39. The van der Waals surface area contributed by atoms with E-state index in [0.29, 0.717) is 16.0 Å². The van der Waals surface area contributed by atoms with Gasteiger partial charge >= 0.3 is 5.97 Å². The zero-order chi connectivity index (χ0) is 21.4. The van der Waals surface area contributed by atoms with Crippen LogP contribution in [-0.2, 0) is 16.1 Å². The largest absolute Gasteiger partial charge is 0.469 e. The molecule has 0 spiro atoms. The van der Waals surface area contributed by atoms with Crippen molar-refractivity contribution < 1.29 is 9.53 Å². The molecule has 0 bridgehead atoms. The third-order valence-electron chi connectivity index (χ3n) is 6.51. The maximum atomic E-state index is 11.8. The molecule has 2 fully saturated rings. The Morgan fingerprint density at radius 2 is 1.73 bits per heavy atom. The van der Waals surface area contributed by atoms with E-state index in [2.05, 4.69) is 35.8 Å². The molecule has 1 atom stereocenters. The maximum Gasteiger partial charge on any atom is 0.310 e. The molecular weight excluding hydrogens is 419 g/mol. The number of hydrogen-bond acceptors (Lipinski definition) is 4. The highest BCUT2D eigenvalue weighted by Crippen LogP contribution is 2.40. The van der Waals surface area contributed by atoms with Gasteiger partial charge in [-0.1, -0.05) is 41.4 Å². The van der Waals surface area contributed by atoms with E-state index in [1.165, 1.54) is 29.4 Å². The SMILES string of the molecule is COC(=O)[C@H]1CCN(Cc2c(C)cc(C3CN(c4c(Cl)cccc4Cl)C3)cc2C)C1. The van der Waals surface area contributed by atoms with Crippen molar-refractivity contribution in [2.24, 2.45) is 5.92 Å². The molecule has 0 aromatic heterocycles. The van der Waals surface area contributed by atoms with Crippen LogP contribution in [0, 0.1) is 19.8 Å². The zero-order valence-electron chi connectivity index (χ0n) is 17.8. The van der Waals surface area contributed by atoms with Crippen LogP contribution in [0.4, 0.5) is 5.69 Å². The van der Waals surface area contributed by atoms with Gasteiger partial charge in [-0.05, 0) is 61.2 Å². The fourth-order valence-corrected chi connectivity index (χ4v) is 5.37. The summed E-state index contributed by atoms with van der Waals surface area (Å²) in [7, 11) is 1.47. The number of carbonyl (C=O) groups is 1. The summed E-state index contributed by atoms with van der Waals surface area (Å²) in [5.74, 6) is 0.404. The topological polar surface area (TPSA) is 32.8 Å². The summed E-state index contributed by atoms with van der Waals surface area (Å²) < 4.78 is 4.91. The number of methoxy groups -OCH3 is 1. The lowest BCUT2D eigenvalue weighted by Gasteiger charge is -2.42. The first-order chi connectivity index (χ1) is 14.4. The number of nitrogens with zero attached hydrogens (tertiary/aromatic N) is 2. The van der Waals surface area contributed by atoms with Crippen LogP contribution in [0.15, 0.2) is 30.3 Å². The maximum absolute atomic E-state index is 11.8. The van der Waals surface area contributed by atoms with Gasteiger partial charge < -0.3 is 9.64 Å². The van der Waals surface area contributed by atoms with Gasteiger partial charge in [-0.2, -0.15) is 0 Å².